The molecule has 0 amide bonds. The predicted octanol–water partition coefficient (Wildman–Crippen LogP) is 4.44. The molecule has 5 heterocycles. The van der Waals surface area contributed by atoms with E-state index in [1.165, 1.54) is 18.1 Å². The fraction of sp³-hybridized carbons (Fsp3) is 0.323. The summed E-state index contributed by atoms with van der Waals surface area (Å²) in [6.07, 6.45) is -0.966. The molecule has 0 spiro atoms. The maximum absolute atomic E-state index is 14.8. The summed E-state index contributed by atoms with van der Waals surface area (Å²) < 4.78 is 29.5. The molecule has 1 fully saturated rings. The van der Waals surface area contributed by atoms with E-state index in [2.05, 4.69) is 33.5 Å². The van der Waals surface area contributed by atoms with Gasteiger partial charge in [0.25, 0.3) is 5.56 Å². The van der Waals surface area contributed by atoms with Crippen LogP contribution in [-0.4, -0.2) is 58.0 Å². The first-order valence-electron chi connectivity index (χ1n) is 13.7. The molecule has 41 heavy (non-hydrogen) atoms. The van der Waals surface area contributed by atoms with Crippen LogP contribution in [-0.2, 0) is 34.0 Å². The Bertz CT molecular complexity index is 1750. The van der Waals surface area contributed by atoms with E-state index in [-0.39, 0.29) is 18.0 Å². The van der Waals surface area contributed by atoms with Crippen LogP contribution in [0.4, 0.5) is 4.39 Å². The number of carbonyl (C=O) groups is 1. The van der Waals surface area contributed by atoms with Crippen molar-refractivity contribution in [2.45, 2.75) is 37.6 Å². The monoisotopic (exact) mass is 572 g/mol. The summed E-state index contributed by atoms with van der Waals surface area (Å²) in [5, 5.41) is 0.905. The molecule has 3 aliphatic heterocycles. The lowest BCUT2D eigenvalue weighted by Crippen LogP contribution is -2.43. The Labute approximate surface area is 240 Å². The zero-order chi connectivity index (χ0) is 28.2. The molecular weight excluding hydrogens is 543 g/mol. The minimum absolute atomic E-state index is 0.0819. The van der Waals surface area contributed by atoms with E-state index >= 15 is 0 Å². The van der Waals surface area contributed by atoms with Crippen LogP contribution in [0.15, 0.2) is 58.2 Å². The van der Waals surface area contributed by atoms with Crippen molar-refractivity contribution in [3.05, 3.63) is 92.5 Å². The highest BCUT2D eigenvalue weighted by Gasteiger charge is 2.36. The summed E-state index contributed by atoms with van der Waals surface area (Å²) in [6, 6.07) is 15.6. The van der Waals surface area contributed by atoms with Crippen LogP contribution in [0.5, 0.6) is 0 Å². The molecule has 2 aromatic heterocycles. The number of aromatic nitrogens is 2. The van der Waals surface area contributed by atoms with Crippen molar-refractivity contribution in [3.8, 4) is 11.4 Å². The number of ether oxygens (including phenoxy) is 2. The zero-order valence-corrected chi connectivity index (χ0v) is 23.7. The van der Waals surface area contributed by atoms with Gasteiger partial charge in [0.1, 0.15) is 12.4 Å². The highest BCUT2D eigenvalue weighted by Crippen LogP contribution is 2.39. The van der Waals surface area contributed by atoms with Gasteiger partial charge in [-0.3, -0.25) is 9.69 Å². The van der Waals surface area contributed by atoms with Crippen molar-refractivity contribution in [2.24, 2.45) is 0 Å². The number of methoxy groups -OCH3 is 1. The summed E-state index contributed by atoms with van der Waals surface area (Å²) in [5.74, 6) is -0.831. The lowest BCUT2D eigenvalue weighted by atomic mass is 9.97. The number of carbonyl (C=O) groups excluding carboxylic acids is 1. The van der Waals surface area contributed by atoms with Crippen LogP contribution in [0.2, 0.25) is 0 Å². The number of pyridine rings is 2. The molecule has 1 atom stereocenters. The number of rotatable bonds is 5. The Morgan fingerprint density at radius 3 is 2.61 bits per heavy atom. The molecule has 0 N–H and O–H groups in total. The zero-order valence-electron chi connectivity index (χ0n) is 22.9. The van der Waals surface area contributed by atoms with Gasteiger partial charge in [-0.2, -0.15) is 0 Å². The molecule has 210 valence electrons. The topological polar surface area (TPSA) is 76.9 Å². The average Bonchev–Trinajstić information content (AvgIpc) is 3.34. The van der Waals surface area contributed by atoms with Gasteiger partial charge in [0.05, 0.1) is 29.0 Å². The van der Waals surface area contributed by atoms with Crippen LogP contribution < -0.4 is 5.56 Å². The SMILES string of the molecule is COC1C(=O)OCc2c1cc1n(c2=O)Cc2c-1nc1cc(F)c(C)cc1c2CN1CCN(Sc2ccccc2)CC1. The van der Waals surface area contributed by atoms with E-state index in [0.717, 1.165) is 42.7 Å². The minimum Gasteiger partial charge on any atom is -0.458 e. The molecule has 2 aromatic carbocycles. The lowest BCUT2D eigenvalue weighted by molar-refractivity contribution is -0.159. The number of esters is 1. The smallest absolute Gasteiger partial charge is 0.340 e. The average molecular weight is 573 g/mol. The molecular formula is C31H29FN4O4S. The fourth-order valence-electron chi connectivity index (χ4n) is 6.06. The number of benzene rings is 2. The normalized spacial score (nSPS) is 18.7. The summed E-state index contributed by atoms with van der Waals surface area (Å²) in [5.41, 5.74) is 5.14. The molecule has 1 saturated heterocycles. The van der Waals surface area contributed by atoms with E-state index in [1.807, 2.05) is 18.2 Å². The van der Waals surface area contributed by atoms with Crippen LogP contribution in [0.25, 0.3) is 22.3 Å². The lowest BCUT2D eigenvalue weighted by Gasteiger charge is -2.34. The van der Waals surface area contributed by atoms with E-state index < -0.39 is 12.1 Å². The molecule has 3 aliphatic rings. The standard InChI is InChI=1S/C31H29FN4O4S/c1-18-12-20-22(15-34-8-10-35(11-9-34)41-19-6-4-3-5-7-19)23-16-36-27(28(23)33-26(20)14-25(18)32)13-21-24(30(36)37)17-40-31(38)29(21)39-2/h3-7,12-14,29H,8-11,15-17H2,1-2H3. The Morgan fingerprint density at radius 1 is 1.07 bits per heavy atom. The Balaban J connectivity index is 1.26. The third-order valence-corrected chi connectivity index (χ3v) is 9.37. The minimum atomic E-state index is -0.966. The summed E-state index contributed by atoms with van der Waals surface area (Å²) >= 11 is 1.78. The molecule has 10 heteroatoms. The Morgan fingerprint density at radius 2 is 1.85 bits per heavy atom. The van der Waals surface area contributed by atoms with Gasteiger partial charge in [-0.25, -0.2) is 18.5 Å². The van der Waals surface area contributed by atoms with Gasteiger partial charge in [-0.1, -0.05) is 18.2 Å². The molecule has 7 rings (SSSR count). The Kier molecular flexibility index (Phi) is 6.66. The second-order valence-corrected chi connectivity index (χ2v) is 11.9. The largest absolute Gasteiger partial charge is 0.458 e. The van der Waals surface area contributed by atoms with Gasteiger partial charge in [0, 0.05) is 67.3 Å². The number of piperazine rings is 1. The van der Waals surface area contributed by atoms with E-state index in [4.69, 9.17) is 14.5 Å². The summed E-state index contributed by atoms with van der Waals surface area (Å²) in [7, 11) is 1.42. The molecule has 1 unspecified atom stereocenters. The second-order valence-electron chi connectivity index (χ2n) is 10.7. The summed E-state index contributed by atoms with van der Waals surface area (Å²) in [6.45, 7) is 6.31. The molecule has 0 bridgehead atoms. The van der Waals surface area contributed by atoms with E-state index in [0.29, 0.717) is 46.7 Å². The van der Waals surface area contributed by atoms with Gasteiger partial charge in [0.2, 0.25) is 0 Å². The Hall–Kier alpha value is -3.57. The van der Waals surface area contributed by atoms with Crippen molar-refractivity contribution in [2.75, 3.05) is 33.3 Å². The predicted molar refractivity (Wildman–Crippen MR) is 154 cm³/mol. The summed E-state index contributed by atoms with van der Waals surface area (Å²) in [4.78, 5) is 34.5. The highest BCUT2D eigenvalue weighted by molar-refractivity contribution is 7.97. The van der Waals surface area contributed by atoms with Crippen molar-refractivity contribution < 1.29 is 18.7 Å². The first kappa shape index (κ1) is 26.3. The number of halogens is 1. The van der Waals surface area contributed by atoms with Crippen LogP contribution in [0.3, 0.4) is 0 Å². The second kappa shape index (κ2) is 10.4. The molecule has 0 radical (unpaired) electrons. The van der Waals surface area contributed by atoms with Crippen LogP contribution in [0, 0.1) is 12.7 Å². The van der Waals surface area contributed by atoms with E-state index in [9.17, 15) is 14.0 Å². The van der Waals surface area contributed by atoms with Crippen LogP contribution in [0.1, 0.15) is 33.9 Å². The number of nitrogens with zero attached hydrogens (tertiary/aromatic N) is 4. The van der Waals surface area contributed by atoms with Crippen molar-refractivity contribution in [3.63, 3.8) is 0 Å². The fourth-order valence-corrected chi connectivity index (χ4v) is 6.98. The molecule has 0 saturated carbocycles. The van der Waals surface area contributed by atoms with Gasteiger partial charge in [-0.05, 0) is 54.3 Å². The maximum atomic E-state index is 14.8. The number of hydrogen-bond acceptors (Lipinski definition) is 8. The van der Waals surface area contributed by atoms with E-state index in [1.54, 1.807) is 23.4 Å². The van der Waals surface area contributed by atoms with Crippen molar-refractivity contribution >= 4 is 28.8 Å². The number of aryl methyl sites for hydroxylation is 1. The highest BCUT2D eigenvalue weighted by atomic mass is 32.2. The first-order chi connectivity index (χ1) is 19.9. The molecule has 0 aliphatic carbocycles. The maximum Gasteiger partial charge on any atom is 0.340 e. The third-order valence-electron chi connectivity index (χ3n) is 8.26. The van der Waals surface area contributed by atoms with Crippen molar-refractivity contribution in [1.29, 1.82) is 0 Å². The number of fused-ring (bicyclic) bond motifs is 5. The van der Waals surface area contributed by atoms with Gasteiger partial charge in [-0.15, -0.1) is 0 Å². The van der Waals surface area contributed by atoms with Gasteiger partial charge >= 0.3 is 5.97 Å². The van der Waals surface area contributed by atoms with Crippen molar-refractivity contribution in [1.82, 2.24) is 18.8 Å². The quantitative estimate of drug-likeness (QED) is 0.226. The van der Waals surface area contributed by atoms with Crippen LogP contribution >= 0.6 is 11.9 Å². The molecule has 4 aromatic rings. The van der Waals surface area contributed by atoms with Gasteiger partial charge < -0.3 is 14.0 Å². The van der Waals surface area contributed by atoms with Gasteiger partial charge in [0.15, 0.2) is 6.10 Å². The third kappa shape index (κ3) is 4.55. The number of cyclic esters (lactones) is 1. The number of hydrogen-bond donors (Lipinski definition) is 0. The first-order valence-corrected chi connectivity index (χ1v) is 14.5. The molecule has 8 nitrogen and oxygen atoms in total.